The van der Waals surface area contributed by atoms with Crippen molar-refractivity contribution in [3.05, 3.63) is 27.8 Å². The Balaban J connectivity index is 3.45. The lowest BCUT2D eigenvalue weighted by atomic mass is 10.1. The Hall–Kier alpha value is -0.450. The molecule has 0 amide bonds. The van der Waals surface area contributed by atoms with E-state index in [1.54, 1.807) is 6.92 Å². The van der Waals surface area contributed by atoms with E-state index in [1.807, 2.05) is 13.0 Å². The van der Waals surface area contributed by atoms with E-state index in [9.17, 15) is 8.42 Å². The summed E-state index contributed by atoms with van der Waals surface area (Å²) in [6, 6.07) is 1.84. The topological polar surface area (TPSA) is 43.4 Å². The van der Waals surface area contributed by atoms with Gasteiger partial charge in [0.2, 0.25) is 9.05 Å². The van der Waals surface area contributed by atoms with Gasteiger partial charge in [0, 0.05) is 16.2 Å². The fourth-order valence-corrected chi connectivity index (χ4v) is 2.85. The van der Waals surface area contributed by atoms with E-state index >= 15 is 0 Å². The van der Waals surface area contributed by atoms with E-state index in [4.69, 9.17) is 27.0 Å². The Morgan fingerprint density at radius 3 is 2.31 bits per heavy atom. The van der Waals surface area contributed by atoms with Gasteiger partial charge < -0.3 is 4.74 Å². The van der Waals surface area contributed by atoms with Crippen LogP contribution < -0.4 is 4.74 Å². The van der Waals surface area contributed by atoms with Crippen molar-refractivity contribution in [3.8, 4) is 5.75 Å². The lowest BCUT2D eigenvalue weighted by Crippen LogP contribution is -2.02. The van der Waals surface area contributed by atoms with Crippen molar-refractivity contribution in [3.63, 3.8) is 0 Å². The molecular weight excluding hydrogens is 271 g/mol. The molecule has 0 aromatic heterocycles. The summed E-state index contributed by atoms with van der Waals surface area (Å²) >= 11 is 6.05. The molecule has 0 unspecified atom stereocenters. The predicted octanol–water partition coefficient (Wildman–Crippen LogP) is 3.03. The Morgan fingerprint density at radius 1 is 1.31 bits per heavy atom. The highest BCUT2D eigenvalue weighted by atomic mass is 35.7. The van der Waals surface area contributed by atoms with Crippen LogP contribution in [0.25, 0.3) is 0 Å². The van der Waals surface area contributed by atoms with Crippen molar-refractivity contribution in [2.75, 3.05) is 7.11 Å². The molecule has 0 bridgehead atoms. The lowest BCUT2D eigenvalue weighted by molar-refractivity contribution is 0.408. The summed E-state index contributed by atoms with van der Waals surface area (Å²) < 4.78 is 27.3. The SMILES string of the molecule is COc1c(C)cc(C)c(Cl)c1CS(=O)(=O)Cl. The Labute approximate surface area is 105 Å². The maximum Gasteiger partial charge on any atom is 0.236 e. The van der Waals surface area contributed by atoms with Crippen LogP contribution in [0.5, 0.6) is 5.75 Å². The number of ether oxygens (including phenoxy) is 1. The Kier molecular flexibility index (Phi) is 4.10. The maximum atomic E-state index is 11.1. The molecule has 1 aromatic carbocycles. The molecule has 0 aliphatic rings. The van der Waals surface area contributed by atoms with Crippen LogP contribution >= 0.6 is 22.3 Å². The molecule has 0 atom stereocenters. The Morgan fingerprint density at radius 2 is 1.88 bits per heavy atom. The number of aryl methyl sites for hydroxylation is 2. The van der Waals surface area contributed by atoms with Crippen molar-refractivity contribution in [2.24, 2.45) is 0 Å². The second-order valence-electron chi connectivity index (χ2n) is 3.52. The van der Waals surface area contributed by atoms with Crippen LogP contribution in [0.2, 0.25) is 5.02 Å². The molecule has 0 saturated carbocycles. The average molecular weight is 283 g/mol. The molecule has 3 nitrogen and oxygen atoms in total. The molecule has 0 aliphatic heterocycles. The van der Waals surface area contributed by atoms with Crippen molar-refractivity contribution < 1.29 is 13.2 Å². The first-order valence-corrected chi connectivity index (χ1v) is 7.36. The van der Waals surface area contributed by atoms with Gasteiger partial charge in [-0.05, 0) is 25.0 Å². The summed E-state index contributed by atoms with van der Waals surface area (Å²) in [5.74, 6) is 0.138. The minimum absolute atomic E-state index is 0.334. The number of benzene rings is 1. The number of hydrogen-bond acceptors (Lipinski definition) is 3. The highest BCUT2D eigenvalue weighted by molar-refractivity contribution is 8.13. The quantitative estimate of drug-likeness (QED) is 0.801. The number of rotatable bonds is 3. The van der Waals surface area contributed by atoms with Crippen LogP contribution in [0.15, 0.2) is 6.07 Å². The zero-order valence-corrected chi connectivity index (χ0v) is 11.5. The summed E-state index contributed by atoms with van der Waals surface area (Å²) in [6.45, 7) is 3.63. The monoisotopic (exact) mass is 282 g/mol. The average Bonchev–Trinajstić information content (AvgIpc) is 2.12. The molecule has 1 aromatic rings. The predicted molar refractivity (Wildman–Crippen MR) is 66.0 cm³/mol. The van der Waals surface area contributed by atoms with Crippen LogP contribution in [0.1, 0.15) is 16.7 Å². The third-order valence-corrected chi connectivity index (χ3v) is 3.68. The first-order valence-electron chi connectivity index (χ1n) is 4.51. The van der Waals surface area contributed by atoms with Gasteiger partial charge in [0.15, 0.2) is 0 Å². The van der Waals surface area contributed by atoms with Gasteiger partial charge in [-0.2, -0.15) is 0 Å². The third-order valence-electron chi connectivity index (χ3n) is 2.20. The summed E-state index contributed by atoms with van der Waals surface area (Å²) in [6.07, 6.45) is 0. The molecule has 1 rings (SSSR count). The molecule has 16 heavy (non-hydrogen) atoms. The van der Waals surface area contributed by atoms with E-state index in [1.165, 1.54) is 7.11 Å². The normalized spacial score (nSPS) is 11.6. The van der Waals surface area contributed by atoms with Crippen molar-refractivity contribution >= 4 is 31.3 Å². The highest BCUT2D eigenvalue weighted by Crippen LogP contribution is 2.34. The molecule has 0 heterocycles. The lowest BCUT2D eigenvalue weighted by Gasteiger charge is -2.14. The molecule has 6 heteroatoms. The highest BCUT2D eigenvalue weighted by Gasteiger charge is 2.19. The zero-order valence-electron chi connectivity index (χ0n) is 9.17. The van der Waals surface area contributed by atoms with Crippen LogP contribution in [0.4, 0.5) is 0 Å². The minimum Gasteiger partial charge on any atom is -0.496 e. The molecule has 0 aliphatic carbocycles. The molecule has 0 fully saturated rings. The molecule has 90 valence electrons. The van der Waals surface area contributed by atoms with Crippen LogP contribution in [0, 0.1) is 13.8 Å². The van der Waals surface area contributed by atoms with Crippen molar-refractivity contribution in [2.45, 2.75) is 19.6 Å². The fourth-order valence-electron chi connectivity index (χ4n) is 1.61. The maximum absolute atomic E-state index is 11.1. The van der Waals surface area contributed by atoms with Crippen LogP contribution in [-0.2, 0) is 14.8 Å². The van der Waals surface area contributed by atoms with E-state index < -0.39 is 9.05 Å². The summed E-state index contributed by atoms with van der Waals surface area (Å²) in [4.78, 5) is 0. The number of halogens is 2. The first kappa shape index (κ1) is 13.6. The van der Waals surface area contributed by atoms with Gasteiger partial charge in [-0.25, -0.2) is 8.42 Å². The number of hydrogen-bond donors (Lipinski definition) is 0. The third kappa shape index (κ3) is 3.03. The second-order valence-corrected chi connectivity index (χ2v) is 6.67. The van der Waals surface area contributed by atoms with Crippen molar-refractivity contribution in [1.82, 2.24) is 0 Å². The summed E-state index contributed by atoms with van der Waals surface area (Å²) in [5.41, 5.74) is 2.05. The standard InChI is InChI=1S/C10H12Cl2O3S/c1-6-4-7(2)10(15-3)8(9(6)11)5-16(12,13)14/h4H,5H2,1-3H3. The molecule has 0 spiro atoms. The minimum atomic E-state index is -3.66. The van der Waals surface area contributed by atoms with E-state index in [0.29, 0.717) is 16.3 Å². The van der Waals surface area contributed by atoms with E-state index in [-0.39, 0.29) is 5.75 Å². The fraction of sp³-hybridized carbons (Fsp3) is 0.400. The van der Waals surface area contributed by atoms with Gasteiger partial charge in [-0.15, -0.1) is 0 Å². The number of methoxy groups -OCH3 is 1. The van der Waals surface area contributed by atoms with Crippen LogP contribution in [0.3, 0.4) is 0 Å². The summed E-state index contributed by atoms with van der Waals surface area (Å²) in [7, 11) is 3.04. The smallest absolute Gasteiger partial charge is 0.236 e. The van der Waals surface area contributed by atoms with Crippen LogP contribution in [-0.4, -0.2) is 15.5 Å². The van der Waals surface area contributed by atoms with E-state index in [0.717, 1.165) is 11.1 Å². The summed E-state index contributed by atoms with van der Waals surface area (Å²) in [5, 5.41) is 0.381. The first-order chi connectivity index (χ1) is 7.26. The van der Waals surface area contributed by atoms with Gasteiger partial charge >= 0.3 is 0 Å². The van der Waals surface area contributed by atoms with E-state index in [2.05, 4.69) is 0 Å². The molecule has 0 radical (unpaired) electrons. The van der Waals surface area contributed by atoms with Gasteiger partial charge in [-0.1, -0.05) is 17.7 Å². The Bertz CT molecular complexity index is 509. The molecule has 0 saturated heterocycles. The van der Waals surface area contributed by atoms with Gasteiger partial charge in [0.1, 0.15) is 5.75 Å². The van der Waals surface area contributed by atoms with Gasteiger partial charge in [0.05, 0.1) is 17.9 Å². The van der Waals surface area contributed by atoms with Gasteiger partial charge in [-0.3, -0.25) is 0 Å². The largest absolute Gasteiger partial charge is 0.496 e. The molecular formula is C10H12Cl2O3S. The van der Waals surface area contributed by atoms with Gasteiger partial charge in [0.25, 0.3) is 0 Å². The second kappa shape index (κ2) is 4.82. The van der Waals surface area contributed by atoms with Crippen molar-refractivity contribution in [1.29, 1.82) is 0 Å². The zero-order chi connectivity index (χ0) is 12.5. The molecule has 0 N–H and O–H groups in total.